The van der Waals surface area contributed by atoms with Crippen LogP contribution in [-0.4, -0.2) is 24.0 Å². The Labute approximate surface area is 126 Å². The molecule has 0 aliphatic carbocycles. The number of nitrogen functional groups attached to an aromatic ring is 1. The van der Waals surface area contributed by atoms with E-state index in [0.717, 1.165) is 33.3 Å². The van der Waals surface area contributed by atoms with Crippen molar-refractivity contribution in [3.8, 4) is 22.6 Å². The van der Waals surface area contributed by atoms with Gasteiger partial charge in [0.25, 0.3) is 0 Å². The van der Waals surface area contributed by atoms with E-state index < -0.39 is 0 Å². The Balaban J connectivity index is 2.79. The second-order valence-electron chi connectivity index (χ2n) is 4.37. The van der Waals surface area contributed by atoms with E-state index in [9.17, 15) is 0 Å². The molecular formula is C14H18BrN3O2. The predicted molar refractivity (Wildman–Crippen MR) is 83.2 cm³/mol. The van der Waals surface area contributed by atoms with Gasteiger partial charge in [0.15, 0.2) is 11.5 Å². The molecule has 0 radical (unpaired) electrons. The Hall–Kier alpha value is -1.69. The molecule has 0 fully saturated rings. The number of hydrogen-bond acceptors (Lipinski definition) is 4. The summed E-state index contributed by atoms with van der Waals surface area (Å²) in [7, 11) is 5.09. The standard InChI is InChI=1S/C14H18BrN3O2/c1-5-8-12(9-7-17-18(2)14(9)16)10(15)6-11(19-3)13(8)20-4/h6-7H,5,16H2,1-4H3. The first-order valence-corrected chi connectivity index (χ1v) is 7.05. The van der Waals surface area contributed by atoms with Gasteiger partial charge in [0.2, 0.25) is 0 Å². The molecule has 0 amide bonds. The minimum atomic E-state index is 0.618. The second-order valence-corrected chi connectivity index (χ2v) is 5.22. The molecule has 20 heavy (non-hydrogen) atoms. The van der Waals surface area contributed by atoms with E-state index in [1.165, 1.54) is 0 Å². The van der Waals surface area contributed by atoms with E-state index >= 15 is 0 Å². The lowest BCUT2D eigenvalue weighted by Gasteiger charge is -2.17. The van der Waals surface area contributed by atoms with E-state index in [1.807, 2.05) is 13.1 Å². The van der Waals surface area contributed by atoms with Crippen LogP contribution >= 0.6 is 15.9 Å². The third kappa shape index (κ3) is 2.24. The molecule has 0 unspecified atom stereocenters. The summed E-state index contributed by atoms with van der Waals surface area (Å²) in [5.41, 5.74) is 9.02. The summed E-state index contributed by atoms with van der Waals surface area (Å²) in [5, 5.41) is 4.21. The predicted octanol–water partition coefficient (Wildman–Crippen LogP) is 3.01. The molecule has 0 saturated heterocycles. The monoisotopic (exact) mass is 339 g/mol. The molecule has 1 aromatic carbocycles. The number of methoxy groups -OCH3 is 2. The average Bonchev–Trinajstić information content (AvgIpc) is 2.77. The highest BCUT2D eigenvalue weighted by molar-refractivity contribution is 9.10. The largest absolute Gasteiger partial charge is 0.493 e. The Morgan fingerprint density at radius 1 is 1.35 bits per heavy atom. The number of benzene rings is 1. The summed E-state index contributed by atoms with van der Waals surface area (Å²) in [6.45, 7) is 2.07. The molecule has 1 aromatic heterocycles. The zero-order valence-electron chi connectivity index (χ0n) is 12.0. The van der Waals surface area contributed by atoms with E-state index in [4.69, 9.17) is 15.2 Å². The first kappa shape index (κ1) is 14.7. The molecular weight excluding hydrogens is 322 g/mol. The van der Waals surface area contributed by atoms with Gasteiger partial charge in [-0.3, -0.25) is 4.68 Å². The van der Waals surface area contributed by atoms with Gasteiger partial charge in [-0.25, -0.2) is 0 Å². The number of anilines is 1. The lowest BCUT2D eigenvalue weighted by Crippen LogP contribution is -2.02. The lowest BCUT2D eigenvalue weighted by molar-refractivity contribution is 0.352. The zero-order valence-corrected chi connectivity index (χ0v) is 13.6. The molecule has 0 atom stereocenters. The first-order valence-electron chi connectivity index (χ1n) is 6.26. The molecule has 0 spiro atoms. The van der Waals surface area contributed by atoms with Gasteiger partial charge in [-0.15, -0.1) is 0 Å². The minimum Gasteiger partial charge on any atom is -0.493 e. The van der Waals surface area contributed by atoms with Gasteiger partial charge in [-0.1, -0.05) is 6.92 Å². The maximum Gasteiger partial charge on any atom is 0.164 e. The van der Waals surface area contributed by atoms with Crippen molar-refractivity contribution in [3.05, 3.63) is 22.3 Å². The molecule has 108 valence electrons. The fourth-order valence-electron chi connectivity index (χ4n) is 2.30. The highest BCUT2D eigenvalue weighted by Crippen LogP contribution is 2.44. The maximum atomic E-state index is 6.10. The fraction of sp³-hybridized carbons (Fsp3) is 0.357. The number of halogens is 1. The van der Waals surface area contributed by atoms with E-state index in [1.54, 1.807) is 25.1 Å². The molecule has 2 aromatic rings. The second kappa shape index (κ2) is 5.75. The number of hydrogen-bond donors (Lipinski definition) is 1. The number of rotatable bonds is 4. The molecule has 0 saturated carbocycles. The smallest absolute Gasteiger partial charge is 0.164 e. The lowest BCUT2D eigenvalue weighted by atomic mass is 9.98. The van der Waals surface area contributed by atoms with Crippen LogP contribution in [-0.2, 0) is 13.5 Å². The van der Waals surface area contributed by atoms with Crippen LogP contribution in [0.15, 0.2) is 16.7 Å². The van der Waals surface area contributed by atoms with Crippen molar-refractivity contribution in [2.45, 2.75) is 13.3 Å². The Morgan fingerprint density at radius 3 is 2.50 bits per heavy atom. The summed E-state index contributed by atoms with van der Waals surface area (Å²) in [6, 6.07) is 1.89. The normalized spacial score (nSPS) is 10.7. The number of nitrogens with zero attached hydrogens (tertiary/aromatic N) is 2. The van der Waals surface area contributed by atoms with Gasteiger partial charge < -0.3 is 15.2 Å². The first-order chi connectivity index (χ1) is 9.54. The molecule has 1 heterocycles. The maximum absolute atomic E-state index is 6.10. The molecule has 0 bridgehead atoms. The highest BCUT2D eigenvalue weighted by atomic mass is 79.9. The summed E-state index contributed by atoms with van der Waals surface area (Å²) >= 11 is 3.59. The van der Waals surface area contributed by atoms with Crippen molar-refractivity contribution in [2.75, 3.05) is 20.0 Å². The van der Waals surface area contributed by atoms with Crippen LogP contribution in [0, 0.1) is 0 Å². The fourth-order valence-corrected chi connectivity index (χ4v) is 2.96. The molecule has 0 aliphatic rings. The molecule has 0 aliphatic heterocycles. The summed E-state index contributed by atoms with van der Waals surface area (Å²) < 4.78 is 13.4. The van der Waals surface area contributed by atoms with Gasteiger partial charge >= 0.3 is 0 Å². The average molecular weight is 340 g/mol. The van der Waals surface area contributed by atoms with E-state index in [-0.39, 0.29) is 0 Å². The topological polar surface area (TPSA) is 62.3 Å². The summed E-state index contributed by atoms with van der Waals surface area (Å²) in [4.78, 5) is 0. The van der Waals surface area contributed by atoms with Crippen LogP contribution in [0.5, 0.6) is 11.5 Å². The SMILES string of the molecule is CCc1c(OC)c(OC)cc(Br)c1-c1cnn(C)c1N. The Kier molecular flexibility index (Phi) is 4.23. The van der Waals surface area contributed by atoms with Gasteiger partial charge in [-0.2, -0.15) is 5.10 Å². The molecule has 2 rings (SSSR count). The Morgan fingerprint density at radius 2 is 2.05 bits per heavy atom. The van der Waals surface area contributed by atoms with Crippen LogP contribution in [0.4, 0.5) is 5.82 Å². The molecule has 5 nitrogen and oxygen atoms in total. The van der Waals surface area contributed by atoms with Crippen molar-refractivity contribution >= 4 is 21.7 Å². The van der Waals surface area contributed by atoms with Gasteiger partial charge in [0.05, 0.1) is 20.4 Å². The molecule has 6 heteroatoms. The van der Waals surface area contributed by atoms with Crippen LogP contribution in [0.2, 0.25) is 0 Å². The van der Waals surface area contributed by atoms with Crippen molar-refractivity contribution < 1.29 is 9.47 Å². The summed E-state index contributed by atoms with van der Waals surface area (Å²) in [6.07, 6.45) is 2.56. The third-order valence-electron chi connectivity index (χ3n) is 3.33. The van der Waals surface area contributed by atoms with E-state index in [0.29, 0.717) is 11.6 Å². The Bertz CT molecular complexity index is 638. The van der Waals surface area contributed by atoms with Crippen molar-refractivity contribution in [1.29, 1.82) is 0 Å². The molecule has 2 N–H and O–H groups in total. The van der Waals surface area contributed by atoms with Crippen molar-refractivity contribution in [3.63, 3.8) is 0 Å². The van der Waals surface area contributed by atoms with E-state index in [2.05, 4.69) is 28.0 Å². The van der Waals surface area contributed by atoms with Gasteiger partial charge in [0, 0.05) is 28.2 Å². The quantitative estimate of drug-likeness (QED) is 0.929. The van der Waals surface area contributed by atoms with Crippen LogP contribution in [0.25, 0.3) is 11.1 Å². The van der Waals surface area contributed by atoms with Crippen molar-refractivity contribution in [1.82, 2.24) is 9.78 Å². The number of ether oxygens (including phenoxy) is 2. The highest BCUT2D eigenvalue weighted by Gasteiger charge is 2.21. The zero-order chi connectivity index (χ0) is 14.9. The minimum absolute atomic E-state index is 0.618. The number of aromatic nitrogens is 2. The van der Waals surface area contributed by atoms with Crippen LogP contribution in [0.3, 0.4) is 0 Å². The van der Waals surface area contributed by atoms with Crippen molar-refractivity contribution in [2.24, 2.45) is 7.05 Å². The van der Waals surface area contributed by atoms with Gasteiger partial charge in [-0.05, 0) is 28.4 Å². The third-order valence-corrected chi connectivity index (χ3v) is 3.95. The number of aryl methyl sites for hydroxylation is 1. The van der Waals surface area contributed by atoms with Crippen LogP contribution < -0.4 is 15.2 Å². The number of nitrogens with two attached hydrogens (primary N) is 1. The van der Waals surface area contributed by atoms with Gasteiger partial charge in [0.1, 0.15) is 5.82 Å². The summed E-state index contributed by atoms with van der Waals surface area (Å²) in [5.74, 6) is 2.05. The van der Waals surface area contributed by atoms with Crippen LogP contribution in [0.1, 0.15) is 12.5 Å².